The van der Waals surface area contributed by atoms with Gasteiger partial charge in [-0.2, -0.15) is 25.5 Å². The van der Waals surface area contributed by atoms with Crippen molar-refractivity contribution in [3.05, 3.63) is 152 Å². The summed E-state index contributed by atoms with van der Waals surface area (Å²) in [6.45, 7) is 0. The number of hydrogen-bond acceptors (Lipinski definition) is 4. The summed E-state index contributed by atoms with van der Waals surface area (Å²) in [5.41, 5.74) is 5.53. The summed E-state index contributed by atoms with van der Waals surface area (Å²) < 4.78 is 0. The van der Waals surface area contributed by atoms with Crippen LogP contribution in [0.2, 0.25) is 0 Å². The van der Waals surface area contributed by atoms with Crippen molar-refractivity contribution in [2.24, 2.45) is 0 Å². The maximum Gasteiger partial charge on any atom is 1.00 e. The van der Waals surface area contributed by atoms with Crippen LogP contribution in [0.1, 0.15) is 7.43 Å². The molecule has 0 aliphatic heterocycles. The van der Waals surface area contributed by atoms with E-state index < -0.39 is 21.6 Å². The quantitative estimate of drug-likeness (QED) is 0.144. The second kappa shape index (κ2) is 33.0. The van der Waals surface area contributed by atoms with Gasteiger partial charge in [0.05, 0.1) is 52.2 Å². The Labute approximate surface area is 503 Å². The summed E-state index contributed by atoms with van der Waals surface area (Å²) in [6, 6.07) is 40.2. The molecule has 0 atom stereocenters. The first-order valence-corrected chi connectivity index (χ1v) is 33.3. The van der Waals surface area contributed by atoms with Crippen molar-refractivity contribution < 1.29 is 177 Å². The first kappa shape index (κ1) is 60.4. The second-order valence-corrected chi connectivity index (χ2v) is 42.1. The molecule has 0 bridgehead atoms. The van der Waals surface area contributed by atoms with E-state index in [1.54, 1.807) is 0 Å². The van der Waals surface area contributed by atoms with Gasteiger partial charge in [0.15, 0.2) is 0 Å². The van der Waals surface area contributed by atoms with Crippen molar-refractivity contribution in [1.82, 2.24) is 45.9 Å². The van der Waals surface area contributed by atoms with Crippen molar-refractivity contribution in [3.8, 4) is 0 Å². The van der Waals surface area contributed by atoms with Gasteiger partial charge in [0, 0.05) is 21.5 Å². The van der Waals surface area contributed by atoms with Crippen molar-refractivity contribution in [2.75, 3.05) is 0 Å². The van der Waals surface area contributed by atoms with Gasteiger partial charge in [0.1, 0.15) is 5.52 Å². The molecule has 0 saturated heterocycles. The molecule has 0 radical (unpaired) electrons. The van der Waals surface area contributed by atoms with Gasteiger partial charge in [-0.3, -0.25) is 20.4 Å². The van der Waals surface area contributed by atoms with Gasteiger partial charge in [-0.05, 0) is 36.4 Å². The molecule has 10 rings (SSSR count). The number of nitrogens with one attached hydrogen (secondary N) is 6. The molecular formula is C36H35Cl9Cs2N10Ru2+2. The summed E-state index contributed by atoms with van der Waals surface area (Å²) in [5.74, 6) is 0. The Kier molecular flexibility index (Phi) is 33.8. The van der Waals surface area contributed by atoms with Crippen LogP contribution in [0.15, 0.2) is 152 Å². The van der Waals surface area contributed by atoms with Gasteiger partial charge in [0.25, 0.3) is 0 Å². The number of rotatable bonds is 0. The molecule has 23 heteroatoms. The molecule has 10 aromatic rings. The maximum absolute atomic E-state index is 5.00. The molecule has 0 amide bonds. The fourth-order valence-electron chi connectivity index (χ4n) is 4.46. The monoisotopic (exact) mass is 1390 g/mol. The fraction of sp³-hybridized carbons (Fsp3) is 0.0278. The molecule has 6 N–H and O–H groups in total. The van der Waals surface area contributed by atoms with Gasteiger partial charge in [-0.25, -0.2) is 0 Å². The fourth-order valence-corrected chi connectivity index (χ4v) is 4.46. The van der Waals surface area contributed by atoms with E-state index in [1.807, 2.05) is 146 Å². The number of benzene rings is 5. The maximum atomic E-state index is 5.00. The van der Waals surface area contributed by atoms with Crippen molar-refractivity contribution in [1.29, 1.82) is 0 Å². The minimum absolute atomic E-state index is 0. The van der Waals surface area contributed by atoms with Crippen LogP contribution in [0, 0.1) is 0 Å². The van der Waals surface area contributed by atoms with Gasteiger partial charge in [-0.1, -0.05) is 92.4 Å². The Hall–Kier alpha value is 1.41. The molecule has 5 aromatic heterocycles. The average molecular weight is 1390 g/mol. The molecular weight excluding hydrogens is 1360 g/mol. The molecule has 0 aliphatic carbocycles. The van der Waals surface area contributed by atoms with Crippen molar-refractivity contribution in [3.63, 3.8) is 0 Å². The molecule has 0 fully saturated rings. The number of aromatic amines is 6. The van der Waals surface area contributed by atoms with Crippen LogP contribution < -0.4 is 155 Å². The SMILES string of the molecule is C.[Cl-].[Cl][Ru]([Cl])([Cl])[Cl].[Cl][Ru]([Cl])([Cl])[Cl].[Cs+].[Cs+].c1ccc2[nH][nH+]cc2c1.c1ccc2[nH]ncc2c1.c1ccc2[nH]ncc2c1.c1ccc2[nH]ncc2c1.c1ccc2[nH]ncc2c1. The Morgan fingerprint density at radius 1 is 0.373 bits per heavy atom. The topological polar surface area (TPSA) is 145 Å². The van der Waals surface area contributed by atoms with E-state index in [2.05, 4.69) is 57.1 Å². The second-order valence-electron chi connectivity index (χ2n) is 10.4. The van der Waals surface area contributed by atoms with Crippen LogP contribution in [0.4, 0.5) is 0 Å². The molecule has 308 valence electrons. The molecule has 59 heavy (non-hydrogen) atoms. The zero-order valence-electron chi connectivity index (χ0n) is 30.3. The summed E-state index contributed by atoms with van der Waals surface area (Å²) in [4.78, 5) is 0. The van der Waals surface area contributed by atoms with Gasteiger partial charge >= 0.3 is 237 Å². The molecule has 0 aliphatic rings. The molecule has 0 saturated carbocycles. The number of aromatic nitrogens is 10. The minimum Gasteiger partial charge on any atom is -0.278 e. The Morgan fingerprint density at radius 3 is 0.831 bits per heavy atom. The zero-order valence-corrected chi connectivity index (χ0v) is 53.2. The van der Waals surface area contributed by atoms with E-state index >= 15 is 0 Å². The van der Waals surface area contributed by atoms with Crippen molar-refractivity contribution in [2.45, 2.75) is 7.43 Å². The van der Waals surface area contributed by atoms with Crippen LogP contribution in [0.3, 0.4) is 0 Å². The largest absolute Gasteiger partial charge is 1.00 e. The number of para-hydroxylation sites is 5. The van der Waals surface area contributed by atoms with E-state index in [-0.39, 0.29) is 158 Å². The van der Waals surface area contributed by atoms with Crippen LogP contribution in [-0.4, -0.2) is 45.9 Å². The van der Waals surface area contributed by atoms with Crippen LogP contribution in [0.25, 0.3) is 54.5 Å². The third-order valence-corrected chi connectivity index (χ3v) is 6.79. The Morgan fingerprint density at radius 2 is 0.593 bits per heavy atom. The van der Waals surface area contributed by atoms with E-state index in [0.717, 1.165) is 49.1 Å². The van der Waals surface area contributed by atoms with Gasteiger partial charge in [0.2, 0.25) is 6.20 Å². The first-order chi connectivity index (χ1) is 26.3. The summed E-state index contributed by atoms with van der Waals surface area (Å²) in [6.07, 6.45) is 9.20. The summed E-state index contributed by atoms with van der Waals surface area (Å²) in [7, 11) is 34.0. The molecule has 5 aromatic carbocycles. The number of fused-ring (bicyclic) bond motifs is 5. The van der Waals surface area contributed by atoms with E-state index in [0.29, 0.717) is 0 Å². The molecule has 0 unspecified atom stereocenters. The third kappa shape index (κ3) is 26.2. The van der Waals surface area contributed by atoms with Crippen LogP contribution >= 0.6 is 77.5 Å². The first-order valence-electron chi connectivity index (χ1n) is 15.4. The molecule has 5 heterocycles. The van der Waals surface area contributed by atoms with Gasteiger partial charge in [-0.15, -0.1) is 5.10 Å². The average Bonchev–Trinajstić information content (AvgIpc) is 4.01. The standard InChI is InChI=1S/5C7H6N2.CH4.9ClH.2Cs.2Ru/c5*1-2-4-7-6(3-1)5-8-9-7;;;;;;;;;;;;;;/h5*1-5H,(H,8,9);1H4;9*1H;;;;/q;;;;;;;;;;;;;;;2*+1;2*+4/p-8. The third-order valence-electron chi connectivity index (χ3n) is 6.79. The predicted molar refractivity (Wildman–Crippen MR) is 233 cm³/mol. The number of halogens is 9. The Bertz CT molecular complexity index is 2020. The smallest absolute Gasteiger partial charge is 0.278 e. The number of H-pyrrole nitrogens is 6. The predicted octanol–water partition coefficient (Wildman–Crippen LogP) is 4.39. The molecule has 10 nitrogen and oxygen atoms in total. The zero-order chi connectivity index (χ0) is 39.5. The van der Waals surface area contributed by atoms with E-state index in [4.69, 9.17) is 77.5 Å². The number of hydrogen-bond donors (Lipinski definition) is 5. The summed E-state index contributed by atoms with van der Waals surface area (Å²) in [5, 5.41) is 38.8. The normalized spacial score (nSPS) is 10.4. The van der Waals surface area contributed by atoms with E-state index in [1.165, 1.54) is 5.39 Å². The van der Waals surface area contributed by atoms with E-state index in [9.17, 15) is 0 Å². The molecule has 0 spiro atoms. The minimum atomic E-state index is -2.97. The number of nitrogens with zero attached hydrogens (tertiary/aromatic N) is 4. The summed E-state index contributed by atoms with van der Waals surface area (Å²) >= 11 is 0. The Balaban J connectivity index is 0.000000666. The van der Waals surface area contributed by atoms with Gasteiger partial charge < -0.3 is 12.4 Å². The van der Waals surface area contributed by atoms with Crippen LogP contribution in [-0.2, 0) is 21.6 Å². The van der Waals surface area contributed by atoms with Crippen molar-refractivity contribution >= 4 is 132 Å². The van der Waals surface area contributed by atoms with Crippen LogP contribution in [0.5, 0.6) is 0 Å².